The number of hydrogen-bond acceptors (Lipinski definition) is 1. The summed E-state index contributed by atoms with van der Waals surface area (Å²) in [4.78, 5) is 0. The van der Waals surface area contributed by atoms with Gasteiger partial charge in [-0.1, -0.05) is 53.9 Å². The topological polar surface area (TPSA) is 12.0 Å². The number of rotatable bonds is 4. The minimum Gasteiger partial charge on any atom is -0.306 e. The largest absolute Gasteiger partial charge is 0.306 e. The third kappa shape index (κ3) is 3.73. The highest BCUT2D eigenvalue weighted by Crippen LogP contribution is 2.33. The fourth-order valence-corrected chi connectivity index (χ4v) is 3.18. The quantitative estimate of drug-likeness (QED) is 0.722. The standard InChI is InChI=1S/C17H18Cl3N/c1-4-21-17(13-6-5-12(18)9-16(13)20)14-7-11(3)15(19)8-10(14)2/h5-9,17,21H,4H2,1-3H3. The van der Waals surface area contributed by atoms with Gasteiger partial charge in [-0.15, -0.1) is 0 Å². The smallest absolute Gasteiger partial charge is 0.0594 e. The van der Waals surface area contributed by atoms with Crippen LogP contribution in [0.1, 0.15) is 35.2 Å². The van der Waals surface area contributed by atoms with E-state index in [0.717, 1.165) is 28.3 Å². The zero-order valence-electron chi connectivity index (χ0n) is 12.3. The van der Waals surface area contributed by atoms with Crippen LogP contribution in [0.25, 0.3) is 0 Å². The SMILES string of the molecule is CCNC(c1cc(C)c(Cl)cc1C)c1ccc(Cl)cc1Cl. The second kappa shape index (κ2) is 7.02. The fourth-order valence-electron chi connectivity index (χ4n) is 2.44. The van der Waals surface area contributed by atoms with E-state index in [-0.39, 0.29) is 6.04 Å². The van der Waals surface area contributed by atoms with Crippen LogP contribution in [0.2, 0.25) is 15.1 Å². The number of aryl methyl sites for hydroxylation is 2. The molecule has 0 fully saturated rings. The molecule has 0 bridgehead atoms. The van der Waals surface area contributed by atoms with E-state index in [1.165, 1.54) is 5.56 Å². The minimum atomic E-state index is 0.0238. The molecule has 1 unspecified atom stereocenters. The van der Waals surface area contributed by atoms with Gasteiger partial charge < -0.3 is 5.32 Å². The summed E-state index contributed by atoms with van der Waals surface area (Å²) >= 11 is 18.6. The van der Waals surface area contributed by atoms with Gasteiger partial charge in [0.2, 0.25) is 0 Å². The minimum absolute atomic E-state index is 0.0238. The Balaban J connectivity index is 2.55. The molecule has 1 atom stereocenters. The lowest BCUT2D eigenvalue weighted by Crippen LogP contribution is -2.23. The van der Waals surface area contributed by atoms with Crippen LogP contribution in [0, 0.1) is 13.8 Å². The van der Waals surface area contributed by atoms with Crippen LogP contribution in [0.3, 0.4) is 0 Å². The Bertz CT molecular complexity index is 653. The summed E-state index contributed by atoms with van der Waals surface area (Å²) in [7, 11) is 0. The van der Waals surface area contributed by atoms with Crippen molar-refractivity contribution in [3.63, 3.8) is 0 Å². The van der Waals surface area contributed by atoms with Crippen molar-refractivity contribution < 1.29 is 0 Å². The molecule has 0 heterocycles. The molecule has 112 valence electrons. The zero-order chi connectivity index (χ0) is 15.6. The first kappa shape index (κ1) is 16.6. The van der Waals surface area contributed by atoms with E-state index in [4.69, 9.17) is 34.8 Å². The highest BCUT2D eigenvalue weighted by atomic mass is 35.5. The summed E-state index contributed by atoms with van der Waals surface area (Å²) < 4.78 is 0. The molecule has 0 saturated heterocycles. The first-order chi connectivity index (χ1) is 9.93. The van der Waals surface area contributed by atoms with Crippen LogP contribution in [-0.2, 0) is 0 Å². The van der Waals surface area contributed by atoms with Gasteiger partial charge in [0.05, 0.1) is 6.04 Å². The fraction of sp³-hybridized carbons (Fsp3) is 0.294. The normalized spacial score (nSPS) is 12.5. The summed E-state index contributed by atoms with van der Waals surface area (Å²) in [5.41, 5.74) is 4.41. The van der Waals surface area contributed by atoms with Crippen LogP contribution in [-0.4, -0.2) is 6.54 Å². The van der Waals surface area contributed by atoms with Crippen molar-refractivity contribution in [3.05, 3.63) is 67.7 Å². The molecule has 0 aliphatic heterocycles. The summed E-state index contributed by atoms with van der Waals surface area (Å²) in [5.74, 6) is 0. The van der Waals surface area contributed by atoms with Crippen molar-refractivity contribution in [2.75, 3.05) is 6.54 Å². The van der Waals surface area contributed by atoms with Gasteiger partial charge in [0.1, 0.15) is 0 Å². The average molecular weight is 343 g/mol. The molecular weight excluding hydrogens is 325 g/mol. The molecule has 2 aromatic carbocycles. The number of hydrogen-bond donors (Lipinski definition) is 1. The van der Waals surface area contributed by atoms with Crippen molar-refractivity contribution in [2.24, 2.45) is 0 Å². The van der Waals surface area contributed by atoms with E-state index in [2.05, 4.69) is 25.2 Å². The number of benzene rings is 2. The first-order valence-electron chi connectivity index (χ1n) is 6.89. The number of halogens is 3. The van der Waals surface area contributed by atoms with E-state index >= 15 is 0 Å². The average Bonchev–Trinajstić information content (AvgIpc) is 2.41. The summed E-state index contributed by atoms with van der Waals surface area (Å²) in [6.45, 7) is 6.99. The van der Waals surface area contributed by atoms with Gasteiger partial charge in [0, 0.05) is 15.1 Å². The Kier molecular flexibility index (Phi) is 5.56. The molecule has 0 spiro atoms. The van der Waals surface area contributed by atoms with Crippen LogP contribution in [0.4, 0.5) is 0 Å². The Labute approximate surface area is 141 Å². The third-order valence-electron chi connectivity index (χ3n) is 3.54. The van der Waals surface area contributed by atoms with Crippen molar-refractivity contribution in [3.8, 4) is 0 Å². The van der Waals surface area contributed by atoms with Crippen LogP contribution in [0.15, 0.2) is 30.3 Å². The van der Waals surface area contributed by atoms with E-state index in [1.807, 2.05) is 25.1 Å². The lowest BCUT2D eigenvalue weighted by molar-refractivity contribution is 0.627. The molecule has 1 nitrogen and oxygen atoms in total. The predicted molar refractivity (Wildman–Crippen MR) is 92.9 cm³/mol. The molecule has 0 aliphatic rings. The van der Waals surface area contributed by atoms with E-state index < -0.39 is 0 Å². The highest BCUT2D eigenvalue weighted by molar-refractivity contribution is 6.35. The van der Waals surface area contributed by atoms with Gasteiger partial charge in [-0.25, -0.2) is 0 Å². The summed E-state index contributed by atoms with van der Waals surface area (Å²) in [6, 6.07) is 9.76. The third-order valence-corrected chi connectivity index (χ3v) is 4.51. The first-order valence-corrected chi connectivity index (χ1v) is 8.02. The van der Waals surface area contributed by atoms with Crippen molar-refractivity contribution in [1.29, 1.82) is 0 Å². The predicted octanol–water partition coefficient (Wildman–Crippen LogP) is 5.96. The molecule has 1 N–H and O–H groups in total. The maximum atomic E-state index is 6.38. The van der Waals surface area contributed by atoms with E-state index in [1.54, 1.807) is 6.07 Å². The molecule has 0 aliphatic carbocycles. The molecule has 0 radical (unpaired) electrons. The van der Waals surface area contributed by atoms with Gasteiger partial charge in [-0.3, -0.25) is 0 Å². The molecule has 4 heteroatoms. The van der Waals surface area contributed by atoms with Crippen molar-refractivity contribution >= 4 is 34.8 Å². The molecule has 2 rings (SSSR count). The monoisotopic (exact) mass is 341 g/mol. The van der Waals surface area contributed by atoms with Gasteiger partial charge in [0.15, 0.2) is 0 Å². The maximum Gasteiger partial charge on any atom is 0.0594 e. The maximum absolute atomic E-state index is 6.38. The number of nitrogens with one attached hydrogen (secondary N) is 1. The van der Waals surface area contributed by atoms with Crippen LogP contribution >= 0.6 is 34.8 Å². The van der Waals surface area contributed by atoms with Gasteiger partial charge in [-0.05, 0) is 60.8 Å². The Morgan fingerprint density at radius 1 is 0.905 bits per heavy atom. The molecule has 21 heavy (non-hydrogen) atoms. The van der Waals surface area contributed by atoms with Gasteiger partial charge >= 0.3 is 0 Å². The Hall–Kier alpha value is -0.730. The summed E-state index contributed by atoms with van der Waals surface area (Å²) in [5, 5.41) is 5.59. The lowest BCUT2D eigenvalue weighted by Gasteiger charge is -2.23. The second-order valence-electron chi connectivity index (χ2n) is 5.11. The molecule has 0 aromatic heterocycles. The molecular formula is C17H18Cl3N. The van der Waals surface area contributed by atoms with E-state index in [9.17, 15) is 0 Å². The Morgan fingerprint density at radius 3 is 2.24 bits per heavy atom. The second-order valence-corrected chi connectivity index (χ2v) is 6.37. The molecule has 2 aromatic rings. The van der Waals surface area contributed by atoms with E-state index in [0.29, 0.717) is 10.0 Å². The Morgan fingerprint density at radius 2 is 1.62 bits per heavy atom. The highest BCUT2D eigenvalue weighted by Gasteiger charge is 2.19. The molecule has 0 amide bonds. The zero-order valence-corrected chi connectivity index (χ0v) is 14.6. The van der Waals surface area contributed by atoms with Crippen molar-refractivity contribution in [2.45, 2.75) is 26.8 Å². The van der Waals surface area contributed by atoms with Gasteiger partial charge in [-0.2, -0.15) is 0 Å². The summed E-state index contributed by atoms with van der Waals surface area (Å²) in [6.07, 6.45) is 0. The van der Waals surface area contributed by atoms with Crippen molar-refractivity contribution in [1.82, 2.24) is 5.32 Å². The van der Waals surface area contributed by atoms with Gasteiger partial charge in [0.25, 0.3) is 0 Å². The van der Waals surface area contributed by atoms with Crippen LogP contribution in [0.5, 0.6) is 0 Å². The lowest BCUT2D eigenvalue weighted by atomic mass is 9.93. The van der Waals surface area contributed by atoms with Crippen LogP contribution < -0.4 is 5.32 Å². The molecule has 0 saturated carbocycles.